The molecule has 2 aromatic carbocycles. The Morgan fingerprint density at radius 2 is 1.22 bits per heavy atom. The average molecular weight is 446 g/mol. The summed E-state index contributed by atoms with van der Waals surface area (Å²) in [5.74, 6) is -1.47. The highest BCUT2D eigenvalue weighted by atomic mass is 17.2. The summed E-state index contributed by atoms with van der Waals surface area (Å²) in [6.45, 7) is 5.73. The molecular formula is C24H30O8. The largest absolute Gasteiger partial charge is 0.508 e. The quantitative estimate of drug-likeness (QED) is 0.399. The fraction of sp³-hybridized carbons (Fsp3) is 0.417. The van der Waals surface area contributed by atoms with Crippen LogP contribution in [0.3, 0.4) is 0 Å². The Balaban J connectivity index is 2.00. The van der Waals surface area contributed by atoms with Crippen molar-refractivity contribution < 1.29 is 39.1 Å². The maximum Gasteiger partial charge on any atom is 0.384 e. The molecule has 0 bridgehead atoms. The Morgan fingerprint density at radius 3 is 1.66 bits per heavy atom. The molecule has 2 rings (SSSR count). The van der Waals surface area contributed by atoms with E-state index in [1.54, 1.807) is 31.2 Å². The second-order valence-electron chi connectivity index (χ2n) is 7.33. The third-order valence-corrected chi connectivity index (χ3v) is 4.79. The molecule has 2 aromatic rings. The second kappa shape index (κ2) is 12.7. The zero-order valence-electron chi connectivity index (χ0n) is 18.5. The van der Waals surface area contributed by atoms with Gasteiger partial charge in [0.1, 0.15) is 11.5 Å². The van der Waals surface area contributed by atoms with E-state index in [1.165, 1.54) is 24.3 Å². The van der Waals surface area contributed by atoms with E-state index in [0.29, 0.717) is 6.42 Å². The van der Waals surface area contributed by atoms with E-state index in [2.05, 4.69) is 0 Å². The third kappa shape index (κ3) is 8.20. The van der Waals surface area contributed by atoms with Crippen molar-refractivity contribution in [1.29, 1.82) is 0 Å². The van der Waals surface area contributed by atoms with E-state index in [-0.39, 0.29) is 37.1 Å². The normalized spacial score (nSPS) is 13.7. The van der Waals surface area contributed by atoms with Crippen LogP contribution in [0, 0.1) is 0 Å². The lowest BCUT2D eigenvalue weighted by atomic mass is 10.1. The topological polar surface area (TPSA) is 112 Å². The maximum absolute atomic E-state index is 12.6. The molecule has 0 saturated heterocycles. The van der Waals surface area contributed by atoms with Gasteiger partial charge in [0.25, 0.3) is 0 Å². The number of hydrogen-bond donors (Lipinski definition) is 2. The summed E-state index contributed by atoms with van der Waals surface area (Å²) >= 11 is 0. The molecule has 3 atom stereocenters. The van der Waals surface area contributed by atoms with E-state index in [4.69, 9.17) is 19.2 Å². The molecule has 0 heterocycles. The Hall–Kier alpha value is -3.10. The van der Waals surface area contributed by atoms with E-state index in [1.807, 2.05) is 13.8 Å². The SMILES string of the molecule is CCO[C@@H](Cc1ccc(O)cc1)C(=O)OOC(=O)[C@@H](Cc1ccc(O)cc1)O[C@H](C)CC. The highest BCUT2D eigenvalue weighted by Crippen LogP contribution is 2.16. The average Bonchev–Trinajstić information content (AvgIpc) is 2.79. The van der Waals surface area contributed by atoms with Crippen LogP contribution in [-0.4, -0.2) is 47.1 Å². The summed E-state index contributed by atoms with van der Waals surface area (Å²) in [6, 6.07) is 12.7. The molecule has 0 aliphatic rings. The van der Waals surface area contributed by atoms with Gasteiger partial charge in [0.15, 0.2) is 12.2 Å². The predicted octanol–water partition coefficient (Wildman–Crippen LogP) is 3.47. The Bertz CT molecular complexity index is 847. The molecule has 2 N–H and O–H groups in total. The molecule has 8 nitrogen and oxygen atoms in total. The molecule has 8 heteroatoms. The van der Waals surface area contributed by atoms with Gasteiger partial charge in [0.2, 0.25) is 0 Å². The van der Waals surface area contributed by atoms with Crippen LogP contribution in [0.25, 0.3) is 0 Å². The molecule has 0 spiro atoms. The molecular weight excluding hydrogens is 416 g/mol. The van der Waals surface area contributed by atoms with E-state index >= 15 is 0 Å². The van der Waals surface area contributed by atoms with Crippen molar-refractivity contribution in [2.45, 2.75) is 58.3 Å². The van der Waals surface area contributed by atoms with Crippen LogP contribution >= 0.6 is 0 Å². The van der Waals surface area contributed by atoms with Crippen molar-refractivity contribution in [2.24, 2.45) is 0 Å². The summed E-state index contributed by atoms with van der Waals surface area (Å²) in [4.78, 5) is 34.7. The molecule has 0 aromatic heterocycles. The molecule has 0 aliphatic heterocycles. The maximum atomic E-state index is 12.6. The molecule has 0 saturated carbocycles. The van der Waals surface area contributed by atoms with E-state index in [9.17, 15) is 19.8 Å². The number of aromatic hydroxyl groups is 2. The van der Waals surface area contributed by atoms with Gasteiger partial charge in [-0.15, -0.1) is 0 Å². The lowest BCUT2D eigenvalue weighted by molar-refractivity contribution is -0.272. The fourth-order valence-corrected chi connectivity index (χ4v) is 2.86. The van der Waals surface area contributed by atoms with Crippen LogP contribution in [-0.2, 0) is 41.7 Å². The van der Waals surface area contributed by atoms with Crippen LogP contribution in [0.5, 0.6) is 11.5 Å². The van der Waals surface area contributed by atoms with Crippen molar-refractivity contribution >= 4 is 11.9 Å². The Morgan fingerprint density at radius 1 is 0.781 bits per heavy atom. The number of rotatable bonds is 11. The minimum absolute atomic E-state index is 0.110. The highest BCUT2D eigenvalue weighted by Gasteiger charge is 2.28. The first-order valence-corrected chi connectivity index (χ1v) is 10.6. The van der Waals surface area contributed by atoms with E-state index < -0.39 is 24.1 Å². The van der Waals surface area contributed by atoms with Crippen LogP contribution < -0.4 is 0 Å². The van der Waals surface area contributed by atoms with Crippen molar-refractivity contribution in [3.05, 3.63) is 59.7 Å². The van der Waals surface area contributed by atoms with Gasteiger partial charge in [-0.1, -0.05) is 31.2 Å². The molecule has 0 amide bonds. The lowest BCUT2D eigenvalue weighted by Gasteiger charge is -2.20. The van der Waals surface area contributed by atoms with Crippen molar-refractivity contribution in [3.63, 3.8) is 0 Å². The summed E-state index contributed by atoms with van der Waals surface area (Å²) < 4.78 is 11.2. The van der Waals surface area contributed by atoms with Crippen LogP contribution in [0.15, 0.2) is 48.5 Å². The minimum Gasteiger partial charge on any atom is -0.508 e. The van der Waals surface area contributed by atoms with E-state index in [0.717, 1.165) is 11.1 Å². The number of benzene rings is 2. The molecule has 174 valence electrons. The number of carbonyl (C=O) groups excluding carboxylic acids is 2. The van der Waals surface area contributed by atoms with Gasteiger partial charge in [-0.25, -0.2) is 19.4 Å². The molecule has 32 heavy (non-hydrogen) atoms. The lowest BCUT2D eigenvalue weighted by Crippen LogP contribution is -2.35. The van der Waals surface area contributed by atoms with Gasteiger partial charge in [0, 0.05) is 19.4 Å². The van der Waals surface area contributed by atoms with Crippen LogP contribution in [0.4, 0.5) is 0 Å². The number of hydrogen-bond acceptors (Lipinski definition) is 8. The van der Waals surface area contributed by atoms with Gasteiger partial charge < -0.3 is 19.7 Å². The van der Waals surface area contributed by atoms with Gasteiger partial charge in [0.05, 0.1) is 6.10 Å². The van der Waals surface area contributed by atoms with Gasteiger partial charge in [-0.2, -0.15) is 0 Å². The molecule has 0 aliphatic carbocycles. The third-order valence-electron chi connectivity index (χ3n) is 4.79. The first-order valence-electron chi connectivity index (χ1n) is 10.6. The van der Waals surface area contributed by atoms with Gasteiger partial charge in [-0.05, 0) is 55.7 Å². The van der Waals surface area contributed by atoms with Crippen molar-refractivity contribution in [3.8, 4) is 11.5 Å². The molecule has 0 radical (unpaired) electrons. The second-order valence-corrected chi connectivity index (χ2v) is 7.33. The minimum atomic E-state index is -0.995. The molecule has 0 unspecified atom stereocenters. The standard InChI is InChI=1S/C24H30O8/c1-4-16(3)30-22(15-18-8-12-20(26)13-9-18)24(28)32-31-23(27)21(29-5-2)14-17-6-10-19(25)11-7-17/h6-13,16,21-22,25-26H,4-5,14-15H2,1-3H3/t16-,21+,22-/m1/s1. The van der Waals surface area contributed by atoms with Crippen LogP contribution in [0.1, 0.15) is 38.3 Å². The fourth-order valence-electron chi connectivity index (χ4n) is 2.86. The van der Waals surface area contributed by atoms with Crippen molar-refractivity contribution in [1.82, 2.24) is 0 Å². The molecule has 0 fully saturated rings. The first kappa shape index (κ1) is 25.2. The van der Waals surface area contributed by atoms with Gasteiger partial charge >= 0.3 is 11.9 Å². The van der Waals surface area contributed by atoms with Gasteiger partial charge in [-0.3, -0.25) is 0 Å². The number of phenols is 2. The van der Waals surface area contributed by atoms with Crippen molar-refractivity contribution in [2.75, 3.05) is 6.61 Å². The smallest absolute Gasteiger partial charge is 0.384 e. The zero-order valence-corrected chi connectivity index (χ0v) is 18.5. The predicted molar refractivity (Wildman–Crippen MR) is 116 cm³/mol. The summed E-state index contributed by atoms with van der Waals surface area (Å²) in [5.41, 5.74) is 1.49. The highest BCUT2D eigenvalue weighted by molar-refractivity contribution is 5.78. The zero-order chi connectivity index (χ0) is 23.5. The number of phenolic OH excluding ortho intramolecular Hbond substituents is 2. The summed E-state index contributed by atoms with van der Waals surface area (Å²) in [7, 11) is 0. The Kier molecular flexibility index (Phi) is 9.97. The van der Waals surface area contributed by atoms with Crippen LogP contribution in [0.2, 0.25) is 0 Å². The summed E-state index contributed by atoms with van der Waals surface area (Å²) in [5, 5.41) is 18.8. The number of ether oxygens (including phenoxy) is 2. The monoisotopic (exact) mass is 446 g/mol. The Labute approximate surface area is 187 Å². The summed E-state index contributed by atoms with van der Waals surface area (Å²) in [6.07, 6.45) is -1.15. The first-order chi connectivity index (χ1) is 15.3. The number of carbonyl (C=O) groups is 2.